The summed E-state index contributed by atoms with van der Waals surface area (Å²) in [4.78, 5) is 15.4. The number of halogens is 3. The maximum atomic E-state index is 12.5. The normalized spacial score (nSPS) is 27.6. The predicted molar refractivity (Wildman–Crippen MR) is 64.6 cm³/mol. The van der Waals surface area contributed by atoms with Crippen LogP contribution < -0.4 is 5.32 Å². The van der Waals surface area contributed by atoms with Crippen LogP contribution in [0.4, 0.5) is 13.2 Å². The first-order valence-corrected chi connectivity index (χ1v) is 6.70. The van der Waals surface area contributed by atoms with Gasteiger partial charge in [0.1, 0.15) is 5.92 Å². The van der Waals surface area contributed by atoms with Crippen LogP contribution in [0.2, 0.25) is 0 Å². The topological polar surface area (TPSA) is 35.6 Å². The Labute approximate surface area is 110 Å². The number of nitrogens with one attached hydrogen (secondary N) is 1. The molecule has 2 rings (SSSR count). The number of nitrogens with zero attached hydrogens (tertiary/aromatic N) is 2. The molecule has 0 aromatic rings. The molecule has 2 atom stereocenters. The van der Waals surface area contributed by atoms with Crippen LogP contribution in [0.1, 0.15) is 13.3 Å². The lowest BCUT2D eigenvalue weighted by Crippen LogP contribution is -2.50. The molecule has 110 valence electrons. The van der Waals surface area contributed by atoms with Gasteiger partial charge in [0.15, 0.2) is 0 Å². The Balaban J connectivity index is 1.89. The molecule has 2 fully saturated rings. The summed E-state index contributed by atoms with van der Waals surface area (Å²) >= 11 is 0. The first-order chi connectivity index (χ1) is 8.89. The minimum absolute atomic E-state index is 0.214. The number of alkyl halides is 3. The molecule has 19 heavy (non-hydrogen) atoms. The second-order valence-electron chi connectivity index (χ2n) is 5.28. The monoisotopic (exact) mass is 279 g/mol. The Kier molecular flexibility index (Phi) is 4.35. The van der Waals surface area contributed by atoms with Gasteiger partial charge in [-0.05, 0) is 13.3 Å². The lowest BCUT2D eigenvalue weighted by Gasteiger charge is -2.32. The molecule has 0 aromatic heterocycles. The molecular weight excluding hydrogens is 259 g/mol. The number of piperazine rings is 1. The molecule has 4 nitrogen and oxygen atoms in total. The van der Waals surface area contributed by atoms with Crippen molar-refractivity contribution in [1.82, 2.24) is 15.1 Å². The van der Waals surface area contributed by atoms with Gasteiger partial charge in [0.05, 0.1) is 0 Å². The first kappa shape index (κ1) is 14.6. The van der Waals surface area contributed by atoms with Gasteiger partial charge in [-0.2, -0.15) is 13.2 Å². The quantitative estimate of drug-likeness (QED) is 0.808. The molecule has 2 aliphatic heterocycles. The molecule has 7 heteroatoms. The highest BCUT2D eigenvalue weighted by Gasteiger charge is 2.44. The van der Waals surface area contributed by atoms with Gasteiger partial charge in [-0.25, -0.2) is 0 Å². The summed E-state index contributed by atoms with van der Waals surface area (Å²) in [5, 5.41) is 3.24. The molecule has 0 spiro atoms. The van der Waals surface area contributed by atoms with E-state index in [1.807, 2.05) is 0 Å². The molecule has 0 aromatic carbocycles. The van der Waals surface area contributed by atoms with Crippen molar-refractivity contribution in [2.24, 2.45) is 5.92 Å². The fraction of sp³-hybridized carbons (Fsp3) is 0.917. The maximum Gasteiger partial charge on any atom is 0.400 e. The minimum atomic E-state index is -4.44. The van der Waals surface area contributed by atoms with Crippen LogP contribution in [0, 0.1) is 5.92 Å². The van der Waals surface area contributed by atoms with E-state index >= 15 is 0 Å². The van der Waals surface area contributed by atoms with Crippen molar-refractivity contribution in [2.75, 3.05) is 39.3 Å². The van der Waals surface area contributed by atoms with E-state index in [0.29, 0.717) is 13.1 Å². The molecule has 0 radical (unpaired) electrons. The van der Waals surface area contributed by atoms with Crippen molar-refractivity contribution in [3.63, 3.8) is 0 Å². The third-order valence-corrected chi connectivity index (χ3v) is 4.00. The van der Waals surface area contributed by atoms with Gasteiger partial charge < -0.3 is 10.2 Å². The van der Waals surface area contributed by atoms with E-state index in [0.717, 1.165) is 39.5 Å². The third kappa shape index (κ3) is 3.39. The fourth-order valence-electron chi connectivity index (χ4n) is 2.70. The standard InChI is InChI=1S/C12H20F3N3O/c1-9(12(13,14)15)11(19)18-5-2-10(8-18)17-6-3-16-4-7-17/h9-10,16H,2-8H2,1H3. The molecule has 2 saturated heterocycles. The number of amides is 1. The molecule has 2 aliphatic rings. The Hall–Kier alpha value is -0.820. The van der Waals surface area contributed by atoms with E-state index in [2.05, 4.69) is 10.2 Å². The molecule has 0 saturated carbocycles. The predicted octanol–water partition coefficient (Wildman–Crippen LogP) is 0.691. The average Bonchev–Trinajstić information content (AvgIpc) is 2.86. The van der Waals surface area contributed by atoms with Crippen molar-refractivity contribution in [3.05, 3.63) is 0 Å². The molecule has 2 heterocycles. The van der Waals surface area contributed by atoms with Gasteiger partial charge in [-0.3, -0.25) is 9.69 Å². The highest BCUT2D eigenvalue weighted by molar-refractivity contribution is 5.79. The van der Waals surface area contributed by atoms with E-state index < -0.39 is 18.0 Å². The SMILES string of the molecule is CC(C(=O)N1CCC(N2CCNCC2)C1)C(F)(F)F. The Morgan fingerprint density at radius 2 is 1.89 bits per heavy atom. The summed E-state index contributed by atoms with van der Waals surface area (Å²) in [6.45, 7) is 5.43. The van der Waals surface area contributed by atoms with Crippen LogP contribution in [0.25, 0.3) is 0 Å². The zero-order valence-electron chi connectivity index (χ0n) is 11.0. The van der Waals surface area contributed by atoms with Gasteiger partial charge >= 0.3 is 6.18 Å². The summed E-state index contributed by atoms with van der Waals surface area (Å²) < 4.78 is 37.6. The number of likely N-dealkylation sites (tertiary alicyclic amines) is 1. The molecule has 1 amide bonds. The van der Waals surface area contributed by atoms with Crippen LogP contribution in [-0.2, 0) is 4.79 Å². The summed E-state index contributed by atoms with van der Waals surface area (Å²) in [6.07, 6.45) is -3.67. The van der Waals surface area contributed by atoms with Crippen LogP contribution in [-0.4, -0.2) is 67.2 Å². The zero-order chi connectivity index (χ0) is 14.0. The van der Waals surface area contributed by atoms with Crippen molar-refractivity contribution < 1.29 is 18.0 Å². The van der Waals surface area contributed by atoms with Crippen LogP contribution in [0.5, 0.6) is 0 Å². The smallest absolute Gasteiger partial charge is 0.341 e. The molecular formula is C12H20F3N3O. The Morgan fingerprint density at radius 3 is 2.47 bits per heavy atom. The van der Waals surface area contributed by atoms with Gasteiger partial charge in [0, 0.05) is 45.3 Å². The van der Waals surface area contributed by atoms with Crippen LogP contribution in [0.15, 0.2) is 0 Å². The van der Waals surface area contributed by atoms with Crippen molar-refractivity contribution in [3.8, 4) is 0 Å². The number of carbonyl (C=O) groups is 1. The van der Waals surface area contributed by atoms with Crippen molar-refractivity contribution in [2.45, 2.75) is 25.6 Å². The van der Waals surface area contributed by atoms with Gasteiger partial charge in [-0.15, -0.1) is 0 Å². The number of rotatable bonds is 2. The van der Waals surface area contributed by atoms with Gasteiger partial charge in [0.2, 0.25) is 5.91 Å². The highest BCUT2D eigenvalue weighted by Crippen LogP contribution is 2.29. The van der Waals surface area contributed by atoms with E-state index in [4.69, 9.17) is 0 Å². The van der Waals surface area contributed by atoms with E-state index in [1.165, 1.54) is 4.90 Å². The number of hydrogen-bond donors (Lipinski definition) is 1. The fourth-order valence-corrected chi connectivity index (χ4v) is 2.70. The lowest BCUT2D eigenvalue weighted by molar-refractivity contribution is -0.184. The van der Waals surface area contributed by atoms with E-state index in [-0.39, 0.29) is 6.04 Å². The Morgan fingerprint density at radius 1 is 1.26 bits per heavy atom. The minimum Gasteiger partial charge on any atom is -0.341 e. The first-order valence-electron chi connectivity index (χ1n) is 6.70. The van der Waals surface area contributed by atoms with Crippen LogP contribution in [0.3, 0.4) is 0 Å². The second-order valence-corrected chi connectivity index (χ2v) is 5.28. The molecule has 0 bridgehead atoms. The average molecular weight is 279 g/mol. The van der Waals surface area contributed by atoms with E-state index in [1.54, 1.807) is 0 Å². The maximum absolute atomic E-state index is 12.5. The van der Waals surface area contributed by atoms with Crippen molar-refractivity contribution >= 4 is 5.91 Å². The number of hydrogen-bond acceptors (Lipinski definition) is 3. The summed E-state index contributed by atoms with van der Waals surface area (Å²) in [5.41, 5.74) is 0. The third-order valence-electron chi connectivity index (χ3n) is 4.00. The largest absolute Gasteiger partial charge is 0.400 e. The van der Waals surface area contributed by atoms with Crippen molar-refractivity contribution in [1.29, 1.82) is 0 Å². The molecule has 2 unspecified atom stereocenters. The van der Waals surface area contributed by atoms with Crippen LogP contribution >= 0.6 is 0 Å². The summed E-state index contributed by atoms with van der Waals surface area (Å²) in [7, 11) is 0. The van der Waals surface area contributed by atoms with Gasteiger partial charge in [0.25, 0.3) is 0 Å². The van der Waals surface area contributed by atoms with E-state index in [9.17, 15) is 18.0 Å². The summed E-state index contributed by atoms with van der Waals surface area (Å²) in [5.74, 6) is -2.68. The highest BCUT2D eigenvalue weighted by atomic mass is 19.4. The Bertz CT molecular complexity index is 329. The molecule has 0 aliphatic carbocycles. The number of carbonyl (C=O) groups excluding carboxylic acids is 1. The zero-order valence-corrected chi connectivity index (χ0v) is 11.0. The van der Waals surface area contributed by atoms with Gasteiger partial charge in [-0.1, -0.05) is 0 Å². The lowest BCUT2D eigenvalue weighted by atomic mass is 10.1. The second kappa shape index (κ2) is 5.66. The summed E-state index contributed by atoms with van der Waals surface area (Å²) in [6, 6.07) is 0.214. The molecule has 1 N–H and O–H groups in total.